The molecule has 0 aromatic carbocycles. The highest BCUT2D eigenvalue weighted by atomic mass is 16.2. The lowest BCUT2D eigenvalue weighted by atomic mass is 10.3. The number of likely N-dealkylation sites (N-methyl/N-ethyl adjacent to an activating group) is 1. The first-order chi connectivity index (χ1) is 9.63. The number of aromatic amines is 1. The number of carbonyl (C=O) groups excluding carboxylic acids is 1. The number of likely N-dealkylation sites (tertiary alicyclic amines) is 1. The monoisotopic (exact) mass is 276 g/mol. The zero-order chi connectivity index (χ0) is 14.1. The second kappa shape index (κ2) is 5.26. The van der Waals surface area contributed by atoms with Crippen LogP contribution < -0.4 is 10.5 Å². The predicted molar refractivity (Wildman–Crippen MR) is 75.9 cm³/mol. The third-order valence-electron chi connectivity index (χ3n) is 3.93. The van der Waals surface area contributed by atoms with Crippen LogP contribution in [0.1, 0.15) is 37.4 Å². The van der Waals surface area contributed by atoms with Gasteiger partial charge in [0, 0.05) is 32.1 Å². The van der Waals surface area contributed by atoms with Crippen molar-refractivity contribution in [1.82, 2.24) is 14.9 Å². The quantitative estimate of drug-likeness (QED) is 0.879. The molecule has 0 unspecified atom stereocenters. The number of nitrogens with one attached hydrogen (secondary N) is 1. The Morgan fingerprint density at radius 3 is 2.80 bits per heavy atom. The van der Waals surface area contributed by atoms with E-state index in [4.69, 9.17) is 0 Å². The maximum absolute atomic E-state index is 12.1. The van der Waals surface area contributed by atoms with Gasteiger partial charge in [0.2, 0.25) is 5.91 Å². The lowest BCUT2D eigenvalue weighted by Crippen LogP contribution is -2.38. The van der Waals surface area contributed by atoms with Crippen molar-refractivity contribution < 1.29 is 4.79 Å². The normalized spacial score (nSPS) is 18.4. The van der Waals surface area contributed by atoms with E-state index >= 15 is 0 Å². The summed E-state index contributed by atoms with van der Waals surface area (Å²) in [5, 5.41) is 0. The summed E-state index contributed by atoms with van der Waals surface area (Å²) in [6.45, 7) is 1.98. The molecule has 6 nitrogen and oxygen atoms in total. The molecule has 0 atom stereocenters. The molecule has 1 aliphatic carbocycles. The fourth-order valence-corrected chi connectivity index (χ4v) is 2.56. The van der Waals surface area contributed by atoms with Gasteiger partial charge in [0.1, 0.15) is 11.6 Å². The van der Waals surface area contributed by atoms with E-state index in [1.807, 2.05) is 11.9 Å². The highest BCUT2D eigenvalue weighted by molar-refractivity contribution is 5.81. The molecule has 0 bridgehead atoms. The van der Waals surface area contributed by atoms with Crippen molar-refractivity contribution in [3.8, 4) is 0 Å². The van der Waals surface area contributed by atoms with Crippen molar-refractivity contribution in [2.75, 3.05) is 31.6 Å². The Balaban J connectivity index is 1.71. The van der Waals surface area contributed by atoms with Crippen LogP contribution in [0.25, 0.3) is 0 Å². The van der Waals surface area contributed by atoms with Crippen molar-refractivity contribution in [3.05, 3.63) is 22.2 Å². The summed E-state index contributed by atoms with van der Waals surface area (Å²) in [6.07, 6.45) is 4.35. The smallest absolute Gasteiger partial charge is 0.252 e. The van der Waals surface area contributed by atoms with E-state index in [0.29, 0.717) is 11.7 Å². The van der Waals surface area contributed by atoms with Gasteiger partial charge in [-0.1, -0.05) is 0 Å². The van der Waals surface area contributed by atoms with Crippen LogP contribution in [0.3, 0.4) is 0 Å². The van der Waals surface area contributed by atoms with Crippen LogP contribution in [0.4, 0.5) is 5.82 Å². The molecule has 2 aliphatic rings. The van der Waals surface area contributed by atoms with Gasteiger partial charge in [0.15, 0.2) is 0 Å². The van der Waals surface area contributed by atoms with Gasteiger partial charge in [0.05, 0.1) is 6.54 Å². The minimum Gasteiger partial charge on any atom is -0.350 e. The van der Waals surface area contributed by atoms with Gasteiger partial charge in [-0.25, -0.2) is 4.98 Å². The van der Waals surface area contributed by atoms with Crippen LogP contribution in [0.5, 0.6) is 0 Å². The molecule has 1 aromatic rings. The molecule has 1 saturated carbocycles. The fraction of sp³-hybridized carbons (Fsp3) is 0.643. The second-order valence-corrected chi connectivity index (χ2v) is 5.71. The summed E-state index contributed by atoms with van der Waals surface area (Å²) in [4.78, 5) is 34.7. The maximum Gasteiger partial charge on any atom is 0.252 e. The Kier molecular flexibility index (Phi) is 3.46. The molecule has 2 fully saturated rings. The number of aromatic nitrogens is 2. The minimum absolute atomic E-state index is 0.111. The summed E-state index contributed by atoms with van der Waals surface area (Å²) in [5.41, 5.74) is -0.141. The number of anilines is 1. The second-order valence-electron chi connectivity index (χ2n) is 5.71. The summed E-state index contributed by atoms with van der Waals surface area (Å²) in [5.74, 6) is 1.85. The van der Waals surface area contributed by atoms with Gasteiger partial charge in [-0.15, -0.1) is 0 Å². The largest absolute Gasteiger partial charge is 0.350 e. The topological polar surface area (TPSA) is 69.3 Å². The molecular formula is C14H20N4O2. The van der Waals surface area contributed by atoms with Gasteiger partial charge in [0.25, 0.3) is 5.56 Å². The molecule has 1 aromatic heterocycles. The zero-order valence-corrected chi connectivity index (χ0v) is 11.8. The van der Waals surface area contributed by atoms with E-state index in [0.717, 1.165) is 44.6 Å². The van der Waals surface area contributed by atoms with Gasteiger partial charge >= 0.3 is 0 Å². The first-order valence-corrected chi connectivity index (χ1v) is 7.23. The summed E-state index contributed by atoms with van der Waals surface area (Å²) in [6, 6.07) is 1.46. The van der Waals surface area contributed by atoms with E-state index in [-0.39, 0.29) is 18.0 Å². The molecule has 1 saturated heterocycles. The third kappa shape index (κ3) is 2.84. The highest BCUT2D eigenvalue weighted by Crippen LogP contribution is 2.37. The number of nitrogens with zero attached hydrogens (tertiary/aromatic N) is 3. The van der Waals surface area contributed by atoms with Crippen molar-refractivity contribution in [1.29, 1.82) is 0 Å². The lowest BCUT2D eigenvalue weighted by molar-refractivity contribution is -0.128. The van der Waals surface area contributed by atoms with E-state index in [1.54, 1.807) is 4.90 Å². The predicted octanol–water partition coefficient (Wildman–Crippen LogP) is 0.706. The van der Waals surface area contributed by atoms with Crippen LogP contribution in [0.2, 0.25) is 0 Å². The Bertz CT molecular complexity index is 559. The average molecular weight is 276 g/mol. The van der Waals surface area contributed by atoms with Crippen molar-refractivity contribution in [3.63, 3.8) is 0 Å². The molecule has 1 N–H and O–H groups in total. The first-order valence-electron chi connectivity index (χ1n) is 7.23. The minimum atomic E-state index is -0.141. The van der Waals surface area contributed by atoms with Crippen LogP contribution in [-0.4, -0.2) is 47.5 Å². The summed E-state index contributed by atoms with van der Waals surface area (Å²) >= 11 is 0. The van der Waals surface area contributed by atoms with E-state index < -0.39 is 0 Å². The molecule has 108 valence electrons. The average Bonchev–Trinajstić information content (AvgIpc) is 3.12. The van der Waals surface area contributed by atoms with E-state index in [1.165, 1.54) is 6.07 Å². The number of amides is 1. The Labute approximate surface area is 117 Å². The van der Waals surface area contributed by atoms with Gasteiger partial charge in [-0.3, -0.25) is 9.59 Å². The molecule has 2 heterocycles. The van der Waals surface area contributed by atoms with E-state index in [2.05, 4.69) is 9.97 Å². The van der Waals surface area contributed by atoms with Gasteiger partial charge in [-0.05, 0) is 25.7 Å². The third-order valence-corrected chi connectivity index (χ3v) is 3.93. The molecule has 0 radical (unpaired) electrons. The SMILES string of the molecule is CN(CC(=O)N1CCCC1)c1cc(=O)[nH]c(C2CC2)n1. The standard InChI is InChI=1S/C14H20N4O2/c1-17(9-13(20)18-6-2-3-7-18)11-8-12(19)16-14(15-11)10-4-5-10/h8,10H,2-7,9H2,1H3,(H,15,16,19). The zero-order valence-electron chi connectivity index (χ0n) is 11.8. The number of hydrogen-bond acceptors (Lipinski definition) is 4. The Morgan fingerprint density at radius 2 is 2.15 bits per heavy atom. The Morgan fingerprint density at radius 1 is 1.45 bits per heavy atom. The molecular weight excluding hydrogens is 256 g/mol. The molecule has 0 spiro atoms. The van der Waals surface area contributed by atoms with Crippen molar-refractivity contribution in [2.45, 2.75) is 31.6 Å². The van der Waals surface area contributed by atoms with Crippen LogP contribution >= 0.6 is 0 Å². The number of carbonyl (C=O) groups is 1. The lowest BCUT2D eigenvalue weighted by Gasteiger charge is -2.22. The van der Waals surface area contributed by atoms with Crippen LogP contribution in [-0.2, 0) is 4.79 Å². The summed E-state index contributed by atoms with van der Waals surface area (Å²) in [7, 11) is 1.81. The van der Waals surface area contributed by atoms with Crippen molar-refractivity contribution in [2.24, 2.45) is 0 Å². The maximum atomic E-state index is 12.1. The van der Waals surface area contributed by atoms with Crippen LogP contribution in [0, 0.1) is 0 Å². The Hall–Kier alpha value is -1.85. The van der Waals surface area contributed by atoms with Gasteiger partial charge in [-0.2, -0.15) is 0 Å². The van der Waals surface area contributed by atoms with Crippen LogP contribution in [0.15, 0.2) is 10.9 Å². The molecule has 20 heavy (non-hydrogen) atoms. The highest BCUT2D eigenvalue weighted by Gasteiger charge is 2.27. The first kappa shape index (κ1) is 13.1. The number of hydrogen-bond donors (Lipinski definition) is 1. The summed E-state index contributed by atoms with van der Waals surface area (Å²) < 4.78 is 0. The van der Waals surface area contributed by atoms with Crippen molar-refractivity contribution >= 4 is 11.7 Å². The number of rotatable bonds is 4. The molecule has 3 rings (SSSR count). The number of H-pyrrole nitrogens is 1. The van der Waals surface area contributed by atoms with E-state index in [9.17, 15) is 9.59 Å². The fourth-order valence-electron chi connectivity index (χ4n) is 2.56. The molecule has 6 heteroatoms. The molecule has 1 amide bonds. The van der Waals surface area contributed by atoms with Gasteiger partial charge < -0.3 is 14.8 Å². The molecule has 1 aliphatic heterocycles.